The molecule has 0 aliphatic rings. The van der Waals surface area contributed by atoms with Crippen LogP contribution in [-0.2, 0) is 4.79 Å². The SMILES string of the molecule is CCCCCCCCCCCCC(CO)(CCC)C(N)=O. The van der Waals surface area contributed by atoms with Crippen molar-refractivity contribution in [2.24, 2.45) is 11.1 Å². The van der Waals surface area contributed by atoms with Gasteiger partial charge in [-0.05, 0) is 12.8 Å². The van der Waals surface area contributed by atoms with Gasteiger partial charge in [-0.1, -0.05) is 84.5 Å². The van der Waals surface area contributed by atoms with Crippen LogP contribution in [0.3, 0.4) is 0 Å². The van der Waals surface area contributed by atoms with Crippen molar-refractivity contribution in [2.45, 2.75) is 97.3 Å². The predicted molar refractivity (Wildman–Crippen MR) is 90.1 cm³/mol. The highest BCUT2D eigenvalue weighted by Crippen LogP contribution is 2.30. The highest BCUT2D eigenvalue weighted by molar-refractivity contribution is 5.80. The van der Waals surface area contributed by atoms with Gasteiger partial charge in [-0.3, -0.25) is 4.79 Å². The summed E-state index contributed by atoms with van der Waals surface area (Å²) < 4.78 is 0. The quantitative estimate of drug-likeness (QED) is 0.435. The van der Waals surface area contributed by atoms with E-state index in [4.69, 9.17) is 5.73 Å². The summed E-state index contributed by atoms with van der Waals surface area (Å²) >= 11 is 0. The van der Waals surface area contributed by atoms with Crippen LogP contribution in [0, 0.1) is 5.41 Å². The smallest absolute Gasteiger partial charge is 0.225 e. The average Bonchev–Trinajstić information content (AvgIpc) is 2.47. The van der Waals surface area contributed by atoms with Gasteiger partial charge in [-0.25, -0.2) is 0 Å². The molecule has 0 spiro atoms. The van der Waals surface area contributed by atoms with Crippen molar-refractivity contribution in [1.82, 2.24) is 0 Å². The second kappa shape index (κ2) is 13.1. The van der Waals surface area contributed by atoms with E-state index in [1.807, 2.05) is 6.92 Å². The van der Waals surface area contributed by atoms with E-state index in [0.717, 1.165) is 25.7 Å². The summed E-state index contributed by atoms with van der Waals surface area (Å²) in [5.41, 5.74) is 4.82. The zero-order chi connectivity index (χ0) is 16.0. The Labute approximate surface area is 131 Å². The minimum Gasteiger partial charge on any atom is -0.395 e. The van der Waals surface area contributed by atoms with E-state index in [1.165, 1.54) is 51.4 Å². The van der Waals surface area contributed by atoms with Gasteiger partial charge in [-0.2, -0.15) is 0 Å². The minimum atomic E-state index is -0.672. The second-order valence-electron chi connectivity index (χ2n) is 6.48. The molecule has 0 bridgehead atoms. The van der Waals surface area contributed by atoms with Crippen molar-refractivity contribution in [1.29, 1.82) is 0 Å². The van der Waals surface area contributed by atoms with E-state index >= 15 is 0 Å². The third-order valence-electron chi connectivity index (χ3n) is 4.56. The summed E-state index contributed by atoms with van der Waals surface area (Å²) in [6, 6.07) is 0. The van der Waals surface area contributed by atoms with E-state index < -0.39 is 5.41 Å². The van der Waals surface area contributed by atoms with Crippen LogP contribution in [0.15, 0.2) is 0 Å². The van der Waals surface area contributed by atoms with Crippen LogP contribution in [0.5, 0.6) is 0 Å². The van der Waals surface area contributed by atoms with Gasteiger partial charge in [-0.15, -0.1) is 0 Å². The molecule has 0 saturated carbocycles. The minimum absolute atomic E-state index is 0.104. The molecule has 126 valence electrons. The molecule has 0 aliphatic heterocycles. The number of carbonyl (C=O) groups excluding carboxylic acids is 1. The monoisotopic (exact) mass is 299 g/mol. The molecule has 0 aliphatic carbocycles. The molecule has 1 unspecified atom stereocenters. The van der Waals surface area contributed by atoms with Crippen molar-refractivity contribution >= 4 is 5.91 Å². The topological polar surface area (TPSA) is 63.3 Å². The van der Waals surface area contributed by atoms with Gasteiger partial charge in [0.1, 0.15) is 0 Å². The Morgan fingerprint density at radius 2 is 1.29 bits per heavy atom. The first-order valence-electron chi connectivity index (χ1n) is 9.03. The fraction of sp³-hybridized carbons (Fsp3) is 0.944. The van der Waals surface area contributed by atoms with Crippen LogP contribution in [0.2, 0.25) is 0 Å². The molecule has 0 aromatic heterocycles. The molecule has 0 saturated heterocycles. The maximum Gasteiger partial charge on any atom is 0.225 e. The highest BCUT2D eigenvalue weighted by Gasteiger charge is 2.34. The normalized spacial score (nSPS) is 14.0. The van der Waals surface area contributed by atoms with Crippen molar-refractivity contribution in [3.05, 3.63) is 0 Å². The summed E-state index contributed by atoms with van der Waals surface area (Å²) in [4.78, 5) is 11.6. The number of primary amides is 1. The molecule has 21 heavy (non-hydrogen) atoms. The number of rotatable bonds is 15. The lowest BCUT2D eigenvalue weighted by molar-refractivity contribution is -0.131. The number of amides is 1. The molecule has 0 fully saturated rings. The number of unbranched alkanes of at least 4 members (excludes halogenated alkanes) is 9. The number of nitrogens with two attached hydrogens (primary N) is 1. The summed E-state index contributed by atoms with van der Waals surface area (Å²) in [6.45, 7) is 4.18. The van der Waals surface area contributed by atoms with Crippen molar-refractivity contribution in [3.8, 4) is 0 Å². The third-order valence-corrected chi connectivity index (χ3v) is 4.56. The number of aliphatic hydroxyl groups excluding tert-OH is 1. The Bertz CT molecular complexity index is 256. The first-order valence-corrected chi connectivity index (χ1v) is 9.03. The van der Waals surface area contributed by atoms with Gasteiger partial charge in [0.05, 0.1) is 12.0 Å². The van der Waals surface area contributed by atoms with E-state index in [0.29, 0.717) is 6.42 Å². The molecule has 3 nitrogen and oxygen atoms in total. The lowest BCUT2D eigenvalue weighted by atomic mass is 9.78. The molecule has 0 heterocycles. The van der Waals surface area contributed by atoms with Gasteiger partial charge in [0.25, 0.3) is 0 Å². The summed E-state index contributed by atoms with van der Waals surface area (Å²) in [7, 11) is 0. The van der Waals surface area contributed by atoms with Gasteiger partial charge in [0.2, 0.25) is 5.91 Å². The first kappa shape index (κ1) is 20.4. The maximum atomic E-state index is 11.6. The maximum absolute atomic E-state index is 11.6. The zero-order valence-electron chi connectivity index (χ0n) is 14.3. The third kappa shape index (κ3) is 9.13. The fourth-order valence-corrected chi connectivity index (χ4v) is 3.04. The Morgan fingerprint density at radius 1 is 0.810 bits per heavy atom. The lowest BCUT2D eigenvalue weighted by Gasteiger charge is -2.28. The average molecular weight is 299 g/mol. The van der Waals surface area contributed by atoms with Crippen molar-refractivity contribution in [3.63, 3.8) is 0 Å². The number of carbonyl (C=O) groups is 1. The number of hydrogen-bond donors (Lipinski definition) is 2. The van der Waals surface area contributed by atoms with Gasteiger partial charge in [0.15, 0.2) is 0 Å². The molecule has 0 radical (unpaired) electrons. The Morgan fingerprint density at radius 3 is 1.67 bits per heavy atom. The van der Waals surface area contributed by atoms with Gasteiger partial charge in [0, 0.05) is 0 Å². The van der Waals surface area contributed by atoms with Crippen LogP contribution in [0.25, 0.3) is 0 Å². The molecular weight excluding hydrogens is 262 g/mol. The number of hydrogen-bond acceptors (Lipinski definition) is 2. The van der Waals surface area contributed by atoms with Crippen LogP contribution in [0.1, 0.15) is 97.3 Å². The molecule has 0 aromatic rings. The Balaban J connectivity index is 3.65. The van der Waals surface area contributed by atoms with E-state index in [9.17, 15) is 9.90 Å². The van der Waals surface area contributed by atoms with Crippen LogP contribution in [-0.4, -0.2) is 17.6 Å². The van der Waals surface area contributed by atoms with E-state index in [1.54, 1.807) is 0 Å². The lowest BCUT2D eigenvalue weighted by Crippen LogP contribution is -2.40. The van der Waals surface area contributed by atoms with Gasteiger partial charge >= 0.3 is 0 Å². The Kier molecular flexibility index (Phi) is 12.8. The summed E-state index contributed by atoms with van der Waals surface area (Å²) in [5, 5.41) is 9.52. The van der Waals surface area contributed by atoms with Crippen LogP contribution >= 0.6 is 0 Å². The van der Waals surface area contributed by atoms with Crippen LogP contribution < -0.4 is 5.73 Å². The Hall–Kier alpha value is -0.570. The summed E-state index contributed by atoms with van der Waals surface area (Å²) in [5.74, 6) is -0.331. The van der Waals surface area contributed by atoms with Crippen LogP contribution in [0.4, 0.5) is 0 Å². The zero-order valence-corrected chi connectivity index (χ0v) is 14.3. The molecule has 0 aromatic carbocycles. The largest absolute Gasteiger partial charge is 0.395 e. The molecular formula is C18H37NO2. The molecule has 0 rings (SSSR count). The predicted octanol–water partition coefficient (Wildman–Crippen LogP) is 4.56. The molecule has 1 atom stereocenters. The van der Waals surface area contributed by atoms with Crippen molar-refractivity contribution < 1.29 is 9.90 Å². The standard InChI is InChI=1S/C18H37NO2/c1-3-5-6-7-8-9-10-11-12-13-15-18(16-20,14-4-2)17(19)21/h20H,3-16H2,1-2H3,(H2,19,21). The first-order chi connectivity index (χ1) is 10.1. The van der Waals surface area contributed by atoms with Gasteiger partial charge < -0.3 is 10.8 Å². The second-order valence-corrected chi connectivity index (χ2v) is 6.48. The molecule has 3 heteroatoms. The van der Waals surface area contributed by atoms with Crippen molar-refractivity contribution in [2.75, 3.05) is 6.61 Å². The highest BCUT2D eigenvalue weighted by atomic mass is 16.3. The van der Waals surface area contributed by atoms with E-state index in [2.05, 4.69) is 6.92 Å². The molecule has 1 amide bonds. The van der Waals surface area contributed by atoms with E-state index in [-0.39, 0.29) is 12.5 Å². The fourth-order valence-electron chi connectivity index (χ4n) is 3.04. The summed E-state index contributed by atoms with van der Waals surface area (Å²) in [6.07, 6.45) is 15.1. The molecule has 3 N–H and O–H groups in total. The number of aliphatic hydroxyl groups is 1.